The quantitative estimate of drug-likeness (QED) is 0.758. The smallest absolute Gasteiger partial charge is 0.0295 e. The molecule has 1 N–H and O–H groups in total. The van der Waals surface area contributed by atoms with Gasteiger partial charge in [0.2, 0.25) is 0 Å². The van der Waals surface area contributed by atoms with Crippen LogP contribution < -0.4 is 5.32 Å². The van der Waals surface area contributed by atoms with E-state index in [-0.39, 0.29) is 0 Å². The maximum atomic E-state index is 3.27. The van der Waals surface area contributed by atoms with Crippen molar-refractivity contribution in [3.05, 3.63) is 48.0 Å². The molecule has 0 aliphatic heterocycles. The summed E-state index contributed by atoms with van der Waals surface area (Å²) in [5, 5.41) is 5.93. The highest BCUT2D eigenvalue weighted by atomic mass is 14.8. The second kappa shape index (κ2) is 3.81. The van der Waals surface area contributed by atoms with E-state index in [4.69, 9.17) is 0 Å². The topological polar surface area (TPSA) is 12.0 Å². The summed E-state index contributed by atoms with van der Waals surface area (Å²) in [6.45, 7) is 2.18. The second-order valence-corrected chi connectivity index (χ2v) is 3.58. The SMILES string of the molecule is CN[C@@H](C)c1cccc2ccccc12. The highest BCUT2D eigenvalue weighted by molar-refractivity contribution is 5.86. The molecule has 1 nitrogen and oxygen atoms in total. The minimum absolute atomic E-state index is 0.404. The van der Waals surface area contributed by atoms with Crippen molar-refractivity contribution in [3.8, 4) is 0 Å². The zero-order valence-corrected chi connectivity index (χ0v) is 8.62. The van der Waals surface area contributed by atoms with E-state index in [2.05, 4.69) is 54.7 Å². The summed E-state index contributed by atoms with van der Waals surface area (Å²) in [7, 11) is 1.99. The van der Waals surface area contributed by atoms with Crippen LogP contribution >= 0.6 is 0 Å². The third-order valence-corrected chi connectivity index (χ3v) is 2.72. The molecule has 1 atom stereocenters. The normalized spacial score (nSPS) is 13.0. The average Bonchev–Trinajstić information content (AvgIpc) is 2.27. The van der Waals surface area contributed by atoms with E-state index in [1.165, 1.54) is 16.3 Å². The van der Waals surface area contributed by atoms with Crippen LogP contribution in [0.25, 0.3) is 10.8 Å². The Labute approximate surface area is 84.8 Å². The summed E-state index contributed by atoms with van der Waals surface area (Å²) in [5.74, 6) is 0. The number of hydrogen-bond donors (Lipinski definition) is 1. The maximum Gasteiger partial charge on any atom is 0.0295 e. The van der Waals surface area contributed by atoms with Crippen LogP contribution in [-0.2, 0) is 0 Å². The van der Waals surface area contributed by atoms with Crippen LogP contribution in [0.5, 0.6) is 0 Å². The predicted molar refractivity (Wildman–Crippen MR) is 61.4 cm³/mol. The van der Waals surface area contributed by atoms with Crippen molar-refractivity contribution in [3.63, 3.8) is 0 Å². The largest absolute Gasteiger partial charge is 0.313 e. The molecule has 0 aliphatic carbocycles. The molecule has 1 heteroatoms. The fourth-order valence-corrected chi connectivity index (χ4v) is 1.78. The predicted octanol–water partition coefficient (Wildman–Crippen LogP) is 3.12. The van der Waals surface area contributed by atoms with Crippen molar-refractivity contribution >= 4 is 10.8 Å². The Kier molecular flexibility index (Phi) is 2.51. The van der Waals surface area contributed by atoms with Gasteiger partial charge in [-0.2, -0.15) is 0 Å². The fraction of sp³-hybridized carbons (Fsp3) is 0.231. The molecular weight excluding hydrogens is 170 g/mol. The molecule has 0 radical (unpaired) electrons. The molecule has 0 saturated carbocycles. The molecule has 2 aromatic rings. The molecule has 0 aromatic heterocycles. The monoisotopic (exact) mass is 185 g/mol. The molecule has 0 fully saturated rings. The Bertz CT molecular complexity index is 429. The van der Waals surface area contributed by atoms with Gasteiger partial charge in [0.05, 0.1) is 0 Å². The van der Waals surface area contributed by atoms with E-state index < -0.39 is 0 Å². The zero-order chi connectivity index (χ0) is 9.97. The zero-order valence-electron chi connectivity index (χ0n) is 8.62. The van der Waals surface area contributed by atoms with E-state index in [1.54, 1.807) is 0 Å². The number of hydrogen-bond acceptors (Lipinski definition) is 1. The van der Waals surface area contributed by atoms with Gasteiger partial charge in [-0.25, -0.2) is 0 Å². The Morgan fingerprint density at radius 3 is 2.50 bits per heavy atom. The van der Waals surface area contributed by atoms with Crippen molar-refractivity contribution in [1.29, 1.82) is 0 Å². The molecule has 0 unspecified atom stereocenters. The van der Waals surface area contributed by atoms with Crippen molar-refractivity contribution in [2.75, 3.05) is 7.05 Å². The van der Waals surface area contributed by atoms with Crippen molar-refractivity contribution < 1.29 is 0 Å². The van der Waals surface area contributed by atoms with Gasteiger partial charge < -0.3 is 5.32 Å². The molecule has 0 amide bonds. The number of nitrogens with one attached hydrogen (secondary N) is 1. The van der Waals surface area contributed by atoms with Crippen LogP contribution in [0.4, 0.5) is 0 Å². The Morgan fingerprint density at radius 2 is 1.71 bits per heavy atom. The van der Waals surface area contributed by atoms with E-state index in [9.17, 15) is 0 Å². The lowest BCUT2D eigenvalue weighted by Gasteiger charge is -2.13. The van der Waals surface area contributed by atoms with Crippen LogP contribution in [-0.4, -0.2) is 7.05 Å². The van der Waals surface area contributed by atoms with Crippen LogP contribution in [0, 0.1) is 0 Å². The molecule has 0 aliphatic rings. The number of fused-ring (bicyclic) bond motifs is 1. The summed E-state index contributed by atoms with van der Waals surface area (Å²) in [6.07, 6.45) is 0. The second-order valence-electron chi connectivity index (χ2n) is 3.58. The maximum absolute atomic E-state index is 3.27. The van der Waals surface area contributed by atoms with E-state index in [0.717, 1.165) is 0 Å². The Hall–Kier alpha value is -1.34. The minimum Gasteiger partial charge on any atom is -0.313 e. The standard InChI is InChI=1S/C13H15N/c1-10(14-2)12-9-5-7-11-6-3-4-8-13(11)12/h3-10,14H,1-2H3/t10-/m0/s1. The van der Waals surface area contributed by atoms with E-state index in [1.807, 2.05) is 7.05 Å². The van der Waals surface area contributed by atoms with Crippen LogP contribution in [0.2, 0.25) is 0 Å². The van der Waals surface area contributed by atoms with Crippen molar-refractivity contribution in [2.24, 2.45) is 0 Å². The molecule has 14 heavy (non-hydrogen) atoms. The van der Waals surface area contributed by atoms with E-state index >= 15 is 0 Å². The lowest BCUT2D eigenvalue weighted by atomic mass is 10.00. The van der Waals surface area contributed by atoms with Crippen LogP contribution in [0.1, 0.15) is 18.5 Å². The van der Waals surface area contributed by atoms with Crippen LogP contribution in [0.3, 0.4) is 0 Å². The van der Waals surface area contributed by atoms with Gasteiger partial charge >= 0.3 is 0 Å². The summed E-state index contributed by atoms with van der Waals surface area (Å²) < 4.78 is 0. The molecule has 0 bridgehead atoms. The van der Waals surface area contributed by atoms with Crippen LogP contribution in [0.15, 0.2) is 42.5 Å². The van der Waals surface area contributed by atoms with Crippen molar-refractivity contribution in [2.45, 2.75) is 13.0 Å². The lowest BCUT2D eigenvalue weighted by Crippen LogP contribution is -2.12. The highest BCUT2D eigenvalue weighted by Gasteiger charge is 2.05. The minimum atomic E-state index is 0.404. The third kappa shape index (κ3) is 1.51. The van der Waals surface area contributed by atoms with Gasteiger partial charge in [0, 0.05) is 6.04 Å². The summed E-state index contributed by atoms with van der Waals surface area (Å²) in [4.78, 5) is 0. The molecule has 72 valence electrons. The first kappa shape index (κ1) is 9.22. The third-order valence-electron chi connectivity index (χ3n) is 2.72. The molecule has 2 aromatic carbocycles. The molecule has 0 saturated heterocycles. The van der Waals surface area contributed by atoms with E-state index in [0.29, 0.717) is 6.04 Å². The summed E-state index contributed by atoms with van der Waals surface area (Å²) in [6, 6.07) is 15.4. The number of rotatable bonds is 2. The first-order chi connectivity index (χ1) is 6.83. The highest BCUT2D eigenvalue weighted by Crippen LogP contribution is 2.23. The summed E-state index contributed by atoms with van der Waals surface area (Å²) >= 11 is 0. The fourth-order valence-electron chi connectivity index (χ4n) is 1.78. The molecule has 0 spiro atoms. The van der Waals surface area contributed by atoms with Gasteiger partial charge in [-0.3, -0.25) is 0 Å². The molecular formula is C13H15N. The van der Waals surface area contributed by atoms with Gasteiger partial charge in [-0.15, -0.1) is 0 Å². The first-order valence-electron chi connectivity index (χ1n) is 4.98. The van der Waals surface area contributed by atoms with Gasteiger partial charge in [0.15, 0.2) is 0 Å². The first-order valence-corrected chi connectivity index (χ1v) is 4.98. The van der Waals surface area contributed by atoms with Crippen molar-refractivity contribution in [1.82, 2.24) is 5.32 Å². The number of benzene rings is 2. The summed E-state index contributed by atoms with van der Waals surface area (Å²) in [5.41, 5.74) is 1.37. The van der Waals surface area contributed by atoms with Gasteiger partial charge in [-0.05, 0) is 30.3 Å². The molecule has 2 rings (SSSR count). The van der Waals surface area contributed by atoms with Gasteiger partial charge in [-0.1, -0.05) is 42.5 Å². The van der Waals surface area contributed by atoms with Gasteiger partial charge in [0.1, 0.15) is 0 Å². The lowest BCUT2D eigenvalue weighted by molar-refractivity contribution is 0.657. The average molecular weight is 185 g/mol. The van der Waals surface area contributed by atoms with Gasteiger partial charge in [0.25, 0.3) is 0 Å². The molecule has 0 heterocycles. The Morgan fingerprint density at radius 1 is 1.00 bits per heavy atom. The Balaban J connectivity index is 2.65.